The molecule has 1 aromatic heterocycles. The van der Waals surface area contributed by atoms with Gasteiger partial charge in [0.15, 0.2) is 0 Å². The number of phosphoric ester groups is 1. The minimum atomic E-state index is -4.09. The van der Waals surface area contributed by atoms with E-state index >= 15 is 0 Å². The SMILES string of the molecule is CCc1cc(C(C)C)ccc1OP(=O)(Oc1ccc(-c2cssc2=S)cc1)Oc1ccccc1C. The summed E-state index contributed by atoms with van der Waals surface area (Å²) in [5.41, 5.74) is 4.96. The van der Waals surface area contributed by atoms with Crippen LogP contribution in [-0.4, -0.2) is 0 Å². The third kappa shape index (κ3) is 6.22. The van der Waals surface area contributed by atoms with Gasteiger partial charge in [-0.2, -0.15) is 4.57 Å². The molecule has 0 saturated heterocycles. The van der Waals surface area contributed by atoms with Crippen molar-refractivity contribution in [2.24, 2.45) is 0 Å². The lowest BCUT2D eigenvalue weighted by atomic mass is 9.99. The number of rotatable bonds is 9. The Hall–Kier alpha value is -2.44. The number of benzene rings is 3. The fraction of sp³-hybridized carbons (Fsp3) is 0.222. The van der Waals surface area contributed by atoms with Gasteiger partial charge in [0.25, 0.3) is 0 Å². The third-order valence-electron chi connectivity index (χ3n) is 5.54. The molecule has 0 aliphatic rings. The summed E-state index contributed by atoms with van der Waals surface area (Å²) in [4.78, 5) is 0. The van der Waals surface area contributed by atoms with E-state index in [9.17, 15) is 4.57 Å². The highest BCUT2D eigenvalue weighted by Gasteiger charge is 2.34. The molecule has 0 amide bonds. The molecule has 182 valence electrons. The van der Waals surface area contributed by atoms with Crippen molar-refractivity contribution >= 4 is 40.7 Å². The molecule has 1 atom stereocenters. The Labute approximate surface area is 219 Å². The molecule has 0 fully saturated rings. The molecule has 35 heavy (non-hydrogen) atoms. The summed E-state index contributed by atoms with van der Waals surface area (Å²) in [5.74, 6) is 1.69. The maximum atomic E-state index is 14.0. The van der Waals surface area contributed by atoms with Crippen molar-refractivity contribution in [1.82, 2.24) is 0 Å². The number of phosphoric acid groups is 1. The lowest BCUT2D eigenvalue weighted by Gasteiger charge is -2.22. The molecule has 0 N–H and O–H groups in total. The normalized spacial score (nSPS) is 12.8. The molecule has 0 aliphatic carbocycles. The second kappa shape index (κ2) is 11.1. The molecule has 8 heteroatoms. The number of aryl methyl sites for hydroxylation is 2. The quantitative estimate of drug-likeness (QED) is 0.120. The van der Waals surface area contributed by atoms with E-state index in [-0.39, 0.29) is 0 Å². The van der Waals surface area contributed by atoms with Crippen LogP contribution in [0, 0.1) is 10.7 Å². The minimum Gasteiger partial charge on any atom is -0.386 e. The fourth-order valence-electron chi connectivity index (χ4n) is 3.50. The Morgan fingerprint density at radius 2 is 1.66 bits per heavy atom. The zero-order valence-corrected chi connectivity index (χ0v) is 23.4. The highest BCUT2D eigenvalue weighted by atomic mass is 32.9. The summed E-state index contributed by atoms with van der Waals surface area (Å²) < 4.78 is 32.8. The summed E-state index contributed by atoms with van der Waals surface area (Å²) in [5, 5.41) is 2.03. The molecule has 4 nitrogen and oxygen atoms in total. The van der Waals surface area contributed by atoms with Crippen molar-refractivity contribution in [3.8, 4) is 28.4 Å². The number of para-hydroxylation sites is 1. The first kappa shape index (κ1) is 25.6. The van der Waals surface area contributed by atoms with Gasteiger partial charge in [0, 0.05) is 10.9 Å². The van der Waals surface area contributed by atoms with E-state index in [1.165, 1.54) is 5.56 Å². The largest absolute Gasteiger partial charge is 0.647 e. The van der Waals surface area contributed by atoms with Gasteiger partial charge in [0.1, 0.15) is 21.1 Å². The topological polar surface area (TPSA) is 44.8 Å². The summed E-state index contributed by atoms with van der Waals surface area (Å²) in [6.07, 6.45) is 0.722. The van der Waals surface area contributed by atoms with Crippen LogP contribution in [0.15, 0.2) is 72.1 Å². The number of hydrogen-bond donors (Lipinski definition) is 0. The van der Waals surface area contributed by atoms with E-state index in [4.69, 9.17) is 25.8 Å². The Kier molecular flexibility index (Phi) is 8.12. The van der Waals surface area contributed by atoms with Crippen LogP contribution >= 0.6 is 40.7 Å². The summed E-state index contributed by atoms with van der Waals surface area (Å²) in [6, 6.07) is 20.6. The van der Waals surface area contributed by atoms with Gasteiger partial charge in [-0.1, -0.05) is 96.1 Å². The highest BCUT2D eigenvalue weighted by molar-refractivity contribution is 7.79. The molecule has 1 unspecified atom stereocenters. The molecular formula is C27H27O4PS3. The van der Waals surface area contributed by atoms with E-state index in [1.54, 1.807) is 38.9 Å². The van der Waals surface area contributed by atoms with Crippen molar-refractivity contribution in [2.45, 2.75) is 40.0 Å². The van der Waals surface area contributed by atoms with Crippen molar-refractivity contribution in [3.63, 3.8) is 0 Å². The molecule has 0 saturated carbocycles. The van der Waals surface area contributed by atoms with Crippen LogP contribution in [0.5, 0.6) is 17.2 Å². The van der Waals surface area contributed by atoms with E-state index in [1.807, 2.05) is 61.7 Å². The van der Waals surface area contributed by atoms with Gasteiger partial charge in [-0.3, -0.25) is 0 Å². The molecule has 3 aromatic carbocycles. The second-order valence-electron chi connectivity index (χ2n) is 8.38. The van der Waals surface area contributed by atoms with Crippen molar-refractivity contribution < 1.29 is 18.1 Å². The first-order valence-electron chi connectivity index (χ1n) is 11.3. The first-order valence-corrected chi connectivity index (χ1v) is 15.4. The smallest absolute Gasteiger partial charge is 0.386 e. The third-order valence-corrected chi connectivity index (χ3v) is 9.48. The van der Waals surface area contributed by atoms with Crippen molar-refractivity contribution in [3.05, 3.63) is 92.6 Å². The molecule has 4 rings (SSSR count). The second-order valence-corrected chi connectivity index (χ2v) is 12.6. The van der Waals surface area contributed by atoms with Crippen LogP contribution in [0.25, 0.3) is 11.1 Å². The summed E-state index contributed by atoms with van der Waals surface area (Å²) in [6.45, 7) is 8.20. The molecule has 0 aliphatic heterocycles. The van der Waals surface area contributed by atoms with Crippen LogP contribution in [0.1, 0.15) is 43.4 Å². The van der Waals surface area contributed by atoms with Gasteiger partial charge in [-0.05, 0) is 65.8 Å². The molecule has 1 heterocycles. The van der Waals surface area contributed by atoms with E-state index < -0.39 is 7.82 Å². The molecule has 0 bridgehead atoms. The van der Waals surface area contributed by atoms with Crippen LogP contribution < -0.4 is 13.6 Å². The zero-order valence-electron chi connectivity index (χ0n) is 20.0. The standard InChI is InChI=1S/C27H27O4PS3/c1-5-20-16-22(18(2)3)12-15-26(20)31-32(28,30-25-9-7-6-8-19(25)4)29-23-13-10-21(11-14-23)24-17-34-35-27(24)33/h6-18H,5H2,1-4H3. The van der Waals surface area contributed by atoms with Crippen molar-refractivity contribution in [1.29, 1.82) is 0 Å². The lowest BCUT2D eigenvalue weighted by Crippen LogP contribution is -2.09. The average Bonchev–Trinajstić information content (AvgIpc) is 3.27. The monoisotopic (exact) mass is 542 g/mol. The molecular weight excluding hydrogens is 515 g/mol. The highest BCUT2D eigenvalue weighted by Crippen LogP contribution is 2.51. The average molecular weight is 543 g/mol. The first-order chi connectivity index (χ1) is 16.8. The van der Waals surface area contributed by atoms with E-state index in [2.05, 4.69) is 19.9 Å². The Morgan fingerprint density at radius 1 is 0.943 bits per heavy atom. The van der Waals surface area contributed by atoms with Gasteiger partial charge < -0.3 is 13.6 Å². The molecule has 0 spiro atoms. The number of hydrogen-bond acceptors (Lipinski definition) is 7. The van der Waals surface area contributed by atoms with E-state index in [0.29, 0.717) is 23.2 Å². The van der Waals surface area contributed by atoms with Gasteiger partial charge in [-0.15, -0.1) is 0 Å². The van der Waals surface area contributed by atoms with Gasteiger partial charge >= 0.3 is 7.82 Å². The Balaban J connectivity index is 1.67. The summed E-state index contributed by atoms with van der Waals surface area (Å²) >= 11 is 5.41. The zero-order chi connectivity index (χ0) is 25.0. The molecule has 4 aromatic rings. The van der Waals surface area contributed by atoms with Gasteiger partial charge in [0.05, 0.1) is 0 Å². The van der Waals surface area contributed by atoms with Crippen LogP contribution in [0.4, 0.5) is 0 Å². The summed E-state index contributed by atoms with van der Waals surface area (Å²) in [7, 11) is -0.921. The van der Waals surface area contributed by atoms with E-state index in [0.717, 1.165) is 32.5 Å². The van der Waals surface area contributed by atoms with Crippen LogP contribution in [-0.2, 0) is 11.0 Å². The van der Waals surface area contributed by atoms with Gasteiger partial charge in [-0.25, -0.2) is 0 Å². The fourth-order valence-corrected chi connectivity index (χ4v) is 7.25. The minimum absolute atomic E-state index is 0.374. The predicted octanol–water partition coefficient (Wildman–Crippen LogP) is 9.85. The Morgan fingerprint density at radius 3 is 2.29 bits per heavy atom. The van der Waals surface area contributed by atoms with Crippen LogP contribution in [0.2, 0.25) is 0 Å². The lowest BCUT2D eigenvalue weighted by molar-refractivity contribution is 0.297. The van der Waals surface area contributed by atoms with Gasteiger partial charge in [0.2, 0.25) is 0 Å². The maximum Gasteiger partial charge on any atom is 0.647 e. The maximum absolute atomic E-state index is 14.0. The molecule has 0 radical (unpaired) electrons. The predicted molar refractivity (Wildman–Crippen MR) is 149 cm³/mol. The van der Waals surface area contributed by atoms with Crippen LogP contribution in [0.3, 0.4) is 0 Å². The van der Waals surface area contributed by atoms with Crippen molar-refractivity contribution in [2.75, 3.05) is 0 Å². The Bertz CT molecular complexity index is 1410.